The molecule has 0 aliphatic carbocycles. The predicted octanol–water partition coefficient (Wildman–Crippen LogP) is 4.97. The van der Waals surface area contributed by atoms with Crippen LogP contribution in [0.1, 0.15) is 20.8 Å². The summed E-state index contributed by atoms with van der Waals surface area (Å²) in [6.07, 6.45) is 2.77. The first-order chi connectivity index (χ1) is 18.7. The Labute approximate surface area is 226 Å². The van der Waals surface area contributed by atoms with Crippen molar-refractivity contribution in [2.45, 2.75) is 26.4 Å². The van der Waals surface area contributed by atoms with Crippen molar-refractivity contribution in [2.24, 2.45) is 7.05 Å². The lowest BCUT2D eigenvalue weighted by Gasteiger charge is -2.27. The molecule has 202 valence electrons. The van der Waals surface area contributed by atoms with Crippen molar-refractivity contribution >= 4 is 40.2 Å². The van der Waals surface area contributed by atoms with E-state index in [9.17, 15) is 9.59 Å². The Morgan fingerprint density at radius 2 is 1.87 bits per heavy atom. The molecule has 0 bridgehead atoms. The van der Waals surface area contributed by atoms with Crippen LogP contribution in [-0.2, 0) is 16.5 Å². The minimum atomic E-state index is -0.712. The van der Waals surface area contributed by atoms with Gasteiger partial charge >= 0.3 is 12.1 Å². The van der Waals surface area contributed by atoms with Crippen molar-refractivity contribution in [1.29, 1.82) is 0 Å². The number of aryl methyl sites for hydroxylation is 1. The zero-order chi connectivity index (χ0) is 27.6. The van der Waals surface area contributed by atoms with Gasteiger partial charge in [-0.25, -0.2) is 24.5 Å². The summed E-state index contributed by atoms with van der Waals surface area (Å²) in [6, 6.07) is 14.4. The van der Waals surface area contributed by atoms with E-state index in [1.54, 1.807) is 34.1 Å². The fourth-order valence-corrected chi connectivity index (χ4v) is 4.25. The molecule has 3 heterocycles. The Morgan fingerprint density at radius 1 is 1.08 bits per heavy atom. The number of hydrogen-bond acceptors (Lipinski definition) is 7. The number of ether oxygens (including phenoxy) is 2. The van der Waals surface area contributed by atoms with E-state index in [0.717, 1.165) is 10.9 Å². The van der Waals surface area contributed by atoms with Crippen LogP contribution in [0.25, 0.3) is 22.3 Å². The molecule has 0 spiro atoms. The highest BCUT2D eigenvalue weighted by Crippen LogP contribution is 2.31. The Morgan fingerprint density at radius 3 is 2.64 bits per heavy atom. The predicted molar refractivity (Wildman–Crippen MR) is 148 cm³/mol. The van der Waals surface area contributed by atoms with E-state index < -0.39 is 11.7 Å². The Balaban J connectivity index is 1.47. The molecule has 0 unspecified atom stereocenters. The third kappa shape index (κ3) is 5.99. The van der Waals surface area contributed by atoms with Gasteiger partial charge in [0, 0.05) is 43.0 Å². The number of rotatable bonds is 4. The van der Waals surface area contributed by atoms with Gasteiger partial charge in [-0.15, -0.1) is 0 Å². The van der Waals surface area contributed by atoms with Gasteiger partial charge in [0.2, 0.25) is 0 Å². The number of anilines is 3. The second kappa shape index (κ2) is 10.7. The summed E-state index contributed by atoms with van der Waals surface area (Å²) < 4.78 is 12.8. The first-order valence-electron chi connectivity index (χ1n) is 12.7. The summed E-state index contributed by atoms with van der Waals surface area (Å²) >= 11 is 0. The van der Waals surface area contributed by atoms with Gasteiger partial charge in [-0.1, -0.05) is 12.1 Å². The van der Waals surface area contributed by atoms with Gasteiger partial charge in [0.25, 0.3) is 0 Å². The number of carbonyl (C=O) groups excluding carboxylic acids is 2. The molecule has 0 radical (unpaired) electrons. The number of fused-ring (bicyclic) bond motifs is 1. The van der Waals surface area contributed by atoms with E-state index in [0.29, 0.717) is 54.9 Å². The molecule has 11 nitrogen and oxygen atoms in total. The van der Waals surface area contributed by atoms with Crippen molar-refractivity contribution < 1.29 is 19.1 Å². The smallest absolute Gasteiger partial charge is 0.420 e. The molecular weight excluding hydrogens is 498 g/mol. The zero-order valence-electron chi connectivity index (χ0n) is 22.4. The number of nitrogens with zero attached hydrogens (tertiary/aromatic N) is 6. The van der Waals surface area contributed by atoms with Gasteiger partial charge in [0.15, 0.2) is 5.82 Å². The molecule has 4 aromatic rings. The van der Waals surface area contributed by atoms with Crippen molar-refractivity contribution in [2.75, 3.05) is 36.5 Å². The number of aromatic nitrogens is 4. The van der Waals surface area contributed by atoms with Crippen LogP contribution in [-0.4, -0.2) is 68.7 Å². The van der Waals surface area contributed by atoms with E-state index in [1.807, 2.05) is 64.2 Å². The van der Waals surface area contributed by atoms with Crippen LogP contribution >= 0.6 is 0 Å². The maximum atomic E-state index is 13.4. The lowest BCUT2D eigenvalue weighted by atomic mass is 10.2. The molecule has 5 rings (SSSR count). The zero-order valence-corrected chi connectivity index (χ0v) is 22.4. The van der Waals surface area contributed by atoms with E-state index >= 15 is 0 Å². The second-order valence-corrected chi connectivity index (χ2v) is 10.2. The van der Waals surface area contributed by atoms with E-state index in [-0.39, 0.29) is 6.03 Å². The van der Waals surface area contributed by atoms with Crippen LogP contribution in [0.4, 0.5) is 26.8 Å². The molecular formula is C28H31N7O4. The van der Waals surface area contributed by atoms with Crippen LogP contribution in [0.2, 0.25) is 0 Å². The van der Waals surface area contributed by atoms with Gasteiger partial charge in [-0.2, -0.15) is 5.10 Å². The maximum Gasteiger partial charge on any atom is 0.420 e. The van der Waals surface area contributed by atoms with Crippen molar-refractivity contribution in [3.63, 3.8) is 0 Å². The van der Waals surface area contributed by atoms with E-state index in [2.05, 4.69) is 15.4 Å². The average Bonchev–Trinajstić information content (AvgIpc) is 3.28. The molecule has 1 saturated heterocycles. The summed E-state index contributed by atoms with van der Waals surface area (Å²) in [7, 11) is 1.86. The molecule has 0 saturated carbocycles. The molecule has 11 heteroatoms. The number of carbonyl (C=O) groups is 2. The monoisotopic (exact) mass is 529 g/mol. The highest BCUT2D eigenvalue weighted by atomic mass is 16.6. The quantitative estimate of drug-likeness (QED) is 0.397. The fourth-order valence-electron chi connectivity index (χ4n) is 4.25. The van der Waals surface area contributed by atoms with Crippen LogP contribution < -0.4 is 10.2 Å². The number of urea groups is 1. The molecule has 1 aliphatic rings. The third-order valence-electron chi connectivity index (χ3n) is 6.10. The standard InChI is InChI=1S/C28H31N7O4/c1-28(2,3)39-27(37)35(22-8-9-23-20(17-22)18-30-33(23)4)24-10-11-29-25(32-24)19-6-5-7-21(16-19)31-26(36)34-12-14-38-15-13-34/h5-11,16-18H,12-15H2,1-4H3,(H,31,36). The van der Waals surface area contributed by atoms with Gasteiger partial charge in [-0.3, -0.25) is 4.68 Å². The van der Waals surface area contributed by atoms with Crippen LogP contribution in [0, 0.1) is 0 Å². The number of morpholine rings is 1. The maximum absolute atomic E-state index is 13.4. The molecule has 1 fully saturated rings. The molecule has 1 N–H and O–H groups in total. The number of amides is 3. The highest BCUT2D eigenvalue weighted by molar-refractivity contribution is 5.98. The first-order valence-corrected chi connectivity index (χ1v) is 12.7. The minimum Gasteiger partial charge on any atom is -0.443 e. The van der Waals surface area contributed by atoms with E-state index in [4.69, 9.17) is 14.5 Å². The molecule has 0 atom stereocenters. The fraction of sp³-hybridized carbons (Fsp3) is 0.321. The van der Waals surface area contributed by atoms with Gasteiger partial charge < -0.3 is 19.7 Å². The Hall–Kier alpha value is -4.51. The number of nitrogens with one attached hydrogen (secondary N) is 1. The lowest BCUT2D eigenvalue weighted by Crippen LogP contribution is -2.43. The summed E-state index contributed by atoms with van der Waals surface area (Å²) in [6.45, 7) is 7.58. The molecule has 39 heavy (non-hydrogen) atoms. The third-order valence-corrected chi connectivity index (χ3v) is 6.10. The summed E-state index contributed by atoms with van der Waals surface area (Å²) in [5.41, 5.74) is 2.10. The lowest BCUT2D eigenvalue weighted by molar-refractivity contribution is 0.0564. The first kappa shape index (κ1) is 26.1. The van der Waals surface area contributed by atoms with Gasteiger partial charge in [0.05, 0.1) is 30.6 Å². The summed E-state index contributed by atoms with van der Waals surface area (Å²) in [5.74, 6) is 0.742. The largest absolute Gasteiger partial charge is 0.443 e. The van der Waals surface area contributed by atoms with Crippen molar-refractivity contribution in [3.05, 3.63) is 60.9 Å². The van der Waals surface area contributed by atoms with Crippen molar-refractivity contribution in [1.82, 2.24) is 24.6 Å². The average molecular weight is 530 g/mol. The van der Waals surface area contributed by atoms with Crippen molar-refractivity contribution in [3.8, 4) is 11.4 Å². The number of hydrogen-bond donors (Lipinski definition) is 1. The number of benzene rings is 2. The van der Waals surface area contributed by atoms with Crippen LogP contribution in [0.15, 0.2) is 60.9 Å². The SMILES string of the molecule is Cn1ncc2cc(N(C(=O)OC(C)(C)C)c3ccnc(-c4cccc(NC(=O)N5CCOCC5)c4)n3)ccc21. The topological polar surface area (TPSA) is 115 Å². The highest BCUT2D eigenvalue weighted by Gasteiger charge is 2.27. The molecule has 2 aromatic carbocycles. The van der Waals surface area contributed by atoms with Crippen LogP contribution in [0.3, 0.4) is 0 Å². The molecule has 2 aromatic heterocycles. The molecule has 3 amide bonds. The van der Waals surface area contributed by atoms with Gasteiger partial charge in [-0.05, 0) is 57.2 Å². The second-order valence-electron chi connectivity index (χ2n) is 10.2. The Kier molecular flexibility index (Phi) is 7.16. The van der Waals surface area contributed by atoms with Gasteiger partial charge in [0.1, 0.15) is 11.4 Å². The summed E-state index contributed by atoms with van der Waals surface area (Å²) in [5, 5.41) is 8.11. The van der Waals surface area contributed by atoms with Crippen LogP contribution in [0.5, 0.6) is 0 Å². The minimum absolute atomic E-state index is 0.188. The molecule has 1 aliphatic heterocycles. The van der Waals surface area contributed by atoms with E-state index in [1.165, 1.54) is 4.90 Å². The normalized spacial score (nSPS) is 13.8. The Bertz CT molecular complexity index is 1510. The summed E-state index contributed by atoms with van der Waals surface area (Å²) in [4.78, 5) is 38.4.